The molecule has 0 nitrogen and oxygen atoms in total. The zero-order chi connectivity index (χ0) is 12.3. The molecule has 0 atom stereocenters. The van der Waals surface area contributed by atoms with Gasteiger partial charge in [0.15, 0.2) is 0 Å². The van der Waals surface area contributed by atoms with Gasteiger partial charge in [0.2, 0.25) is 0 Å². The lowest BCUT2D eigenvalue weighted by Gasteiger charge is -1.99. The standard InChI is InChI=1S/C17H20/c1-3-4-5-6-7-10-13-16(2)17-14-11-8-9-12-15-17/h3-11,13-15H,12H2,1-2H3/b4-3+,6-5-,10-7-,16-13+. The van der Waals surface area contributed by atoms with Gasteiger partial charge in [0.05, 0.1) is 0 Å². The van der Waals surface area contributed by atoms with E-state index in [1.807, 2.05) is 37.3 Å². The Morgan fingerprint density at radius 1 is 1.06 bits per heavy atom. The third-order valence-corrected chi connectivity index (χ3v) is 2.44. The van der Waals surface area contributed by atoms with Crippen LogP contribution in [-0.2, 0) is 0 Å². The first-order valence-corrected chi connectivity index (χ1v) is 6.01. The van der Waals surface area contributed by atoms with Gasteiger partial charge in [-0.3, -0.25) is 0 Å². The predicted octanol–water partition coefficient (Wildman–Crippen LogP) is 5.06. The first-order chi connectivity index (χ1) is 8.34. The largest absolute Gasteiger partial charge is 0.0877 e. The smallest absolute Gasteiger partial charge is 0.0157 e. The van der Waals surface area contributed by atoms with Crippen LogP contribution in [0.1, 0.15) is 20.3 Å². The van der Waals surface area contributed by atoms with Gasteiger partial charge >= 0.3 is 0 Å². The van der Waals surface area contributed by atoms with E-state index >= 15 is 0 Å². The molecule has 0 N–H and O–H groups in total. The van der Waals surface area contributed by atoms with Crippen molar-refractivity contribution in [3.8, 4) is 0 Å². The van der Waals surface area contributed by atoms with Gasteiger partial charge < -0.3 is 0 Å². The molecule has 0 aromatic heterocycles. The molecule has 1 rings (SSSR count). The zero-order valence-corrected chi connectivity index (χ0v) is 10.6. The van der Waals surface area contributed by atoms with Crippen molar-refractivity contribution in [1.82, 2.24) is 0 Å². The molecule has 0 bridgehead atoms. The molecule has 88 valence electrons. The molecule has 0 heteroatoms. The van der Waals surface area contributed by atoms with E-state index in [0.717, 1.165) is 6.42 Å². The molecule has 0 spiro atoms. The highest BCUT2D eigenvalue weighted by Gasteiger charge is 1.94. The van der Waals surface area contributed by atoms with Crippen molar-refractivity contribution in [2.45, 2.75) is 20.3 Å². The van der Waals surface area contributed by atoms with Gasteiger partial charge in [-0.05, 0) is 31.4 Å². The summed E-state index contributed by atoms with van der Waals surface area (Å²) in [6, 6.07) is 0. The summed E-state index contributed by atoms with van der Waals surface area (Å²) < 4.78 is 0. The van der Waals surface area contributed by atoms with E-state index in [9.17, 15) is 0 Å². The first kappa shape index (κ1) is 13.2. The van der Waals surface area contributed by atoms with Crippen molar-refractivity contribution in [1.29, 1.82) is 0 Å². The predicted molar refractivity (Wildman–Crippen MR) is 77.8 cm³/mol. The van der Waals surface area contributed by atoms with Gasteiger partial charge in [-0.25, -0.2) is 0 Å². The maximum Gasteiger partial charge on any atom is -0.0157 e. The Kier molecular flexibility index (Phi) is 6.50. The summed E-state index contributed by atoms with van der Waals surface area (Å²) in [5.74, 6) is 0. The van der Waals surface area contributed by atoms with Crippen LogP contribution in [0.3, 0.4) is 0 Å². The average Bonchev–Trinajstić information content (AvgIpc) is 2.62. The highest BCUT2D eigenvalue weighted by atomic mass is 14.0. The molecule has 0 saturated carbocycles. The summed E-state index contributed by atoms with van der Waals surface area (Å²) in [5.41, 5.74) is 2.60. The van der Waals surface area contributed by atoms with Crippen LogP contribution in [0.15, 0.2) is 84.1 Å². The Hall–Kier alpha value is -1.82. The molecule has 0 aromatic rings. The molecule has 0 aliphatic heterocycles. The van der Waals surface area contributed by atoms with Crippen LogP contribution in [-0.4, -0.2) is 0 Å². The van der Waals surface area contributed by atoms with Gasteiger partial charge in [-0.1, -0.05) is 72.9 Å². The van der Waals surface area contributed by atoms with E-state index in [2.05, 4.69) is 49.5 Å². The highest BCUT2D eigenvalue weighted by molar-refractivity contribution is 5.42. The Balaban J connectivity index is 2.57. The lowest BCUT2D eigenvalue weighted by molar-refractivity contribution is 1.33. The maximum absolute atomic E-state index is 2.25. The Morgan fingerprint density at radius 2 is 1.82 bits per heavy atom. The fraction of sp³-hybridized carbons (Fsp3) is 0.176. The summed E-state index contributed by atoms with van der Waals surface area (Å²) in [6.07, 6.45) is 26.1. The maximum atomic E-state index is 2.25. The molecule has 17 heavy (non-hydrogen) atoms. The van der Waals surface area contributed by atoms with E-state index in [-0.39, 0.29) is 0 Å². The molecule has 1 aliphatic carbocycles. The second kappa shape index (κ2) is 8.35. The minimum atomic E-state index is 1.01. The van der Waals surface area contributed by atoms with Crippen LogP contribution in [0.5, 0.6) is 0 Å². The van der Waals surface area contributed by atoms with Crippen molar-refractivity contribution in [3.05, 3.63) is 84.1 Å². The lowest BCUT2D eigenvalue weighted by atomic mass is 10.1. The van der Waals surface area contributed by atoms with Crippen LogP contribution < -0.4 is 0 Å². The van der Waals surface area contributed by atoms with Crippen molar-refractivity contribution >= 4 is 0 Å². The van der Waals surface area contributed by atoms with Crippen LogP contribution >= 0.6 is 0 Å². The third kappa shape index (κ3) is 5.72. The quantitative estimate of drug-likeness (QED) is 0.585. The molecular weight excluding hydrogens is 204 g/mol. The lowest BCUT2D eigenvalue weighted by Crippen LogP contribution is -1.79. The SMILES string of the molecule is C/C=C/C=C\C=C/C=C(\C)C1=CCC=CC=C1. The van der Waals surface area contributed by atoms with Crippen LogP contribution in [0.2, 0.25) is 0 Å². The molecule has 0 fully saturated rings. The average molecular weight is 224 g/mol. The van der Waals surface area contributed by atoms with Crippen LogP contribution in [0.25, 0.3) is 0 Å². The zero-order valence-electron chi connectivity index (χ0n) is 10.6. The summed E-state index contributed by atoms with van der Waals surface area (Å²) >= 11 is 0. The van der Waals surface area contributed by atoms with Gasteiger partial charge in [0.25, 0.3) is 0 Å². The fourth-order valence-corrected chi connectivity index (χ4v) is 1.47. The molecule has 0 heterocycles. The van der Waals surface area contributed by atoms with E-state index in [1.54, 1.807) is 0 Å². The molecule has 0 unspecified atom stereocenters. The minimum Gasteiger partial charge on any atom is -0.0877 e. The second-order valence-corrected chi connectivity index (χ2v) is 3.83. The Morgan fingerprint density at radius 3 is 2.65 bits per heavy atom. The molecular formula is C17H20. The Labute approximate surface area is 105 Å². The van der Waals surface area contributed by atoms with Crippen molar-refractivity contribution in [2.24, 2.45) is 0 Å². The molecule has 0 amide bonds. The molecule has 1 aliphatic rings. The minimum absolute atomic E-state index is 1.01. The molecule has 0 radical (unpaired) electrons. The molecule has 0 aromatic carbocycles. The van der Waals surface area contributed by atoms with E-state index < -0.39 is 0 Å². The highest BCUT2D eigenvalue weighted by Crippen LogP contribution is 2.14. The number of hydrogen-bond acceptors (Lipinski definition) is 0. The summed E-state index contributed by atoms with van der Waals surface area (Å²) in [4.78, 5) is 0. The van der Waals surface area contributed by atoms with Crippen molar-refractivity contribution in [2.75, 3.05) is 0 Å². The van der Waals surface area contributed by atoms with Gasteiger partial charge in [-0.2, -0.15) is 0 Å². The number of allylic oxidation sites excluding steroid dienone is 14. The second-order valence-electron chi connectivity index (χ2n) is 3.83. The topological polar surface area (TPSA) is 0 Å². The number of hydrogen-bond donors (Lipinski definition) is 0. The van der Waals surface area contributed by atoms with E-state index in [1.165, 1.54) is 11.1 Å². The van der Waals surface area contributed by atoms with E-state index in [0.29, 0.717) is 0 Å². The van der Waals surface area contributed by atoms with Crippen LogP contribution in [0, 0.1) is 0 Å². The molecule has 0 saturated heterocycles. The van der Waals surface area contributed by atoms with Gasteiger partial charge in [0.1, 0.15) is 0 Å². The Bertz CT molecular complexity index is 421. The van der Waals surface area contributed by atoms with Gasteiger partial charge in [-0.15, -0.1) is 0 Å². The summed E-state index contributed by atoms with van der Waals surface area (Å²) in [6.45, 7) is 4.15. The monoisotopic (exact) mass is 224 g/mol. The third-order valence-electron chi connectivity index (χ3n) is 2.44. The number of rotatable bonds is 4. The van der Waals surface area contributed by atoms with Gasteiger partial charge in [0, 0.05) is 0 Å². The van der Waals surface area contributed by atoms with E-state index in [4.69, 9.17) is 0 Å². The first-order valence-electron chi connectivity index (χ1n) is 6.01. The van der Waals surface area contributed by atoms with Crippen molar-refractivity contribution in [3.63, 3.8) is 0 Å². The fourth-order valence-electron chi connectivity index (χ4n) is 1.47. The van der Waals surface area contributed by atoms with Crippen LogP contribution in [0.4, 0.5) is 0 Å². The summed E-state index contributed by atoms with van der Waals surface area (Å²) in [7, 11) is 0. The summed E-state index contributed by atoms with van der Waals surface area (Å²) in [5, 5.41) is 0. The normalized spacial score (nSPS) is 17.3. The van der Waals surface area contributed by atoms with Crippen molar-refractivity contribution < 1.29 is 0 Å².